The van der Waals surface area contributed by atoms with Crippen molar-refractivity contribution in [2.75, 3.05) is 19.7 Å². The standard InChI is InChI=1S/C19H21N3O2/c1-14-12-15(2)21-19(20-14)17-13-22(10-11-24-17)18(23)9-8-16-6-4-3-5-7-16/h3-9,12,17H,10-11,13H2,1-2H3/b9-8+. The summed E-state index contributed by atoms with van der Waals surface area (Å²) in [5.41, 5.74) is 2.83. The molecule has 1 aromatic heterocycles. The van der Waals surface area contributed by atoms with Crippen molar-refractivity contribution in [3.05, 3.63) is 65.2 Å². The average Bonchev–Trinajstić information content (AvgIpc) is 2.60. The number of carbonyl (C=O) groups excluding carboxylic acids is 1. The zero-order valence-corrected chi connectivity index (χ0v) is 14.0. The lowest BCUT2D eigenvalue weighted by Crippen LogP contribution is -2.42. The third-order valence-corrected chi connectivity index (χ3v) is 3.88. The summed E-state index contributed by atoms with van der Waals surface area (Å²) in [6.45, 7) is 5.42. The maximum Gasteiger partial charge on any atom is 0.246 e. The molecule has 1 unspecified atom stereocenters. The summed E-state index contributed by atoms with van der Waals surface area (Å²) in [6, 6.07) is 11.7. The number of aromatic nitrogens is 2. The van der Waals surface area contributed by atoms with Crippen LogP contribution in [0, 0.1) is 13.8 Å². The highest BCUT2D eigenvalue weighted by molar-refractivity contribution is 5.91. The first kappa shape index (κ1) is 16.3. The van der Waals surface area contributed by atoms with Crippen LogP contribution in [0.4, 0.5) is 0 Å². The molecule has 1 fully saturated rings. The Kier molecular flexibility index (Phi) is 5.01. The van der Waals surface area contributed by atoms with E-state index in [2.05, 4.69) is 9.97 Å². The molecule has 1 saturated heterocycles. The van der Waals surface area contributed by atoms with Crippen LogP contribution >= 0.6 is 0 Å². The van der Waals surface area contributed by atoms with Crippen molar-refractivity contribution >= 4 is 12.0 Å². The second kappa shape index (κ2) is 7.36. The van der Waals surface area contributed by atoms with Crippen LogP contribution in [0.3, 0.4) is 0 Å². The van der Waals surface area contributed by atoms with Gasteiger partial charge in [-0.25, -0.2) is 9.97 Å². The molecule has 0 radical (unpaired) electrons. The van der Waals surface area contributed by atoms with Gasteiger partial charge in [0.05, 0.1) is 13.2 Å². The van der Waals surface area contributed by atoms with E-state index in [0.29, 0.717) is 25.5 Å². The number of hydrogen-bond acceptors (Lipinski definition) is 4. The molecule has 0 N–H and O–H groups in total. The van der Waals surface area contributed by atoms with Gasteiger partial charge in [-0.2, -0.15) is 0 Å². The Morgan fingerprint density at radius 2 is 1.92 bits per heavy atom. The fraction of sp³-hybridized carbons (Fsp3) is 0.316. The molecular formula is C19H21N3O2. The lowest BCUT2D eigenvalue weighted by Gasteiger charge is -2.31. The van der Waals surface area contributed by atoms with E-state index >= 15 is 0 Å². The van der Waals surface area contributed by atoms with Crippen LogP contribution in [-0.4, -0.2) is 40.5 Å². The number of nitrogens with zero attached hydrogens (tertiary/aromatic N) is 3. The van der Waals surface area contributed by atoms with Gasteiger partial charge < -0.3 is 9.64 Å². The molecule has 1 amide bonds. The molecule has 24 heavy (non-hydrogen) atoms. The van der Waals surface area contributed by atoms with Crippen LogP contribution in [-0.2, 0) is 9.53 Å². The molecule has 0 spiro atoms. The zero-order valence-electron chi connectivity index (χ0n) is 14.0. The molecule has 1 aliphatic rings. The van der Waals surface area contributed by atoms with Gasteiger partial charge >= 0.3 is 0 Å². The highest BCUT2D eigenvalue weighted by atomic mass is 16.5. The zero-order chi connectivity index (χ0) is 16.9. The van der Waals surface area contributed by atoms with E-state index in [1.54, 1.807) is 11.0 Å². The van der Waals surface area contributed by atoms with Crippen molar-refractivity contribution in [2.24, 2.45) is 0 Å². The predicted octanol–water partition coefficient (Wildman–Crippen LogP) is 2.71. The number of rotatable bonds is 3. The minimum atomic E-state index is -0.272. The van der Waals surface area contributed by atoms with Crippen LogP contribution in [0.15, 0.2) is 42.5 Å². The number of morpholine rings is 1. The van der Waals surface area contributed by atoms with Crippen molar-refractivity contribution in [1.29, 1.82) is 0 Å². The van der Waals surface area contributed by atoms with E-state index in [4.69, 9.17) is 4.74 Å². The number of hydrogen-bond donors (Lipinski definition) is 0. The molecule has 5 nitrogen and oxygen atoms in total. The molecule has 0 bridgehead atoms. The molecule has 5 heteroatoms. The fourth-order valence-corrected chi connectivity index (χ4v) is 2.74. The van der Waals surface area contributed by atoms with Gasteiger partial charge in [-0.05, 0) is 31.6 Å². The fourth-order valence-electron chi connectivity index (χ4n) is 2.74. The van der Waals surface area contributed by atoms with E-state index in [1.165, 1.54) is 0 Å². The number of amides is 1. The topological polar surface area (TPSA) is 55.3 Å². The molecule has 0 saturated carbocycles. The minimum Gasteiger partial charge on any atom is -0.367 e. The first-order chi connectivity index (χ1) is 11.6. The van der Waals surface area contributed by atoms with Crippen LogP contribution in [0.2, 0.25) is 0 Å². The Balaban J connectivity index is 1.68. The SMILES string of the molecule is Cc1cc(C)nc(C2CN(C(=O)/C=C/c3ccccc3)CCO2)n1. The molecular weight excluding hydrogens is 302 g/mol. The van der Waals surface area contributed by atoms with Crippen molar-refractivity contribution in [3.8, 4) is 0 Å². The normalized spacial score (nSPS) is 18.1. The van der Waals surface area contributed by atoms with Crippen LogP contribution < -0.4 is 0 Å². The van der Waals surface area contributed by atoms with Crippen LogP contribution in [0.1, 0.15) is 28.9 Å². The Hall–Kier alpha value is -2.53. The first-order valence-corrected chi connectivity index (χ1v) is 8.07. The highest BCUT2D eigenvalue weighted by Gasteiger charge is 2.26. The predicted molar refractivity (Wildman–Crippen MR) is 92.3 cm³/mol. The number of carbonyl (C=O) groups is 1. The van der Waals surface area contributed by atoms with Gasteiger partial charge in [0.1, 0.15) is 6.10 Å². The van der Waals surface area contributed by atoms with Gasteiger partial charge in [0, 0.05) is 24.0 Å². The molecule has 124 valence electrons. The molecule has 1 atom stereocenters. The Labute approximate surface area is 142 Å². The van der Waals surface area contributed by atoms with E-state index in [9.17, 15) is 4.79 Å². The quantitative estimate of drug-likeness (QED) is 0.815. The van der Waals surface area contributed by atoms with Crippen LogP contribution in [0.25, 0.3) is 6.08 Å². The van der Waals surface area contributed by atoms with Gasteiger partial charge in [0.15, 0.2) is 5.82 Å². The lowest BCUT2D eigenvalue weighted by atomic mass is 10.2. The van der Waals surface area contributed by atoms with Crippen molar-refractivity contribution in [2.45, 2.75) is 20.0 Å². The maximum absolute atomic E-state index is 12.4. The third kappa shape index (κ3) is 4.06. The van der Waals surface area contributed by atoms with Gasteiger partial charge in [0.2, 0.25) is 5.91 Å². The van der Waals surface area contributed by atoms with Crippen molar-refractivity contribution in [3.63, 3.8) is 0 Å². The van der Waals surface area contributed by atoms with E-state index < -0.39 is 0 Å². The second-order valence-corrected chi connectivity index (χ2v) is 5.90. The van der Waals surface area contributed by atoms with Gasteiger partial charge in [-0.3, -0.25) is 4.79 Å². The van der Waals surface area contributed by atoms with E-state index in [0.717, 1.165) is 17.0 Å². The van der Waals surface area contributed by atoms with Gasteiger partial charge in [-0.1, -0.05) is 30.3 Å². The summed E-state index contributed by atoms with van der Waals surface area (Å²) in [5, 5.41) is 0. The molecule has 1 aliphatic heterocycles. The second-order valence-electron chi connectivity index (χ2n) is 5.90. The van der Waals surface area contributed by atoms with E-state index in [-0.39, 0.29) is 12.0 Å². The monoisotopic (exact) mass is 323 g/mol. The van der Waals surface area contributed by atoms with Gasteiger partial charge in [0.25, 0.3) is 0 Å². The summed E-state index contributed by atoms with van der Waals surface area (Å²) in [7, 11) is 0. The smallest absolute Gasteiger partial charge is 0.246 e. The van der Waals surface area contributed by atoms with Crippen molar-refractivity contribution < 1.29 is 9.53 Å². The summed E-state index contributed by atoms with van der Waals surface area (Å²) >= 11 is 0. The van der Waals surface area contributed by atoms with Gasteiger partial charge in [-0.15, -0.1) is 0 Å². The minimum absolute atomic E-state index is 0.0171. The maximum atomic E-state index is 12.4. The number of aryl methyl sites for hydroxylation is 2. The largest absolute Gasteiger partial charge is 0.367 e. The Morgan fingerprint density at radius 3 is 2.62 bits per heavy atom. The Morgan fingerprint density at radius 1 is 1.21 bits per heavy atom. The molecule has 1 aromatic carbocycles. The van der Waals surface area contributed by atoms with Crippen LogP contribution in [0.5, 0.6) is 0 Å². The Bertz CT molecular complexity index is 723. The summed E-state index contributed by atoms with van der Waals surface area (Å²) in [6.07, 6.45) is 3.17. The lowest BCUT2D eigenvalue weighted by molar-refractivity contribution is -0.134. The summed E-state index contributed by atoms with van der Waals surface area (Å²) in [5.74, 6) is 0.633. The summed E-state index contributed by atoms with van der Waals surface area (Å²) in [4.78, 5) is 23.1. The summed E-state index contributed by atoms with van der Waals surface area (Å²) < 4.78 is 5.77. The number of benzene rings is 1. The molecule has 0 aliphatic carbocycles. The third-order valence-electron chi connectivity index (χ3n) is 3.88. The highest BCUT2D eigenvalue weighted by Crippen LogP contribution is 2.20. The number of ether oxygens (including phenoxy) is 1. The molecule has 3 rings (SSSR count). The average molecular weight is 323 g/mol. The first-order valence-electron chi connectivity index (χ1n) is 8.07. The molecule has 2 heterocycles. The van der Waals surface area contributed by atoms with E-state index in [1.807, 2.05) is 56.3 Å². The van der Waals surface area contributed by atoms with Crippen molar-refractivity contribution in [1.82, 2.24) is 14.9 Å². The molecule has 2 aromatic rings.